The number of amides is 1. The number of methoxy groups -OCH3 is 2. The second-order valence-corrected chi connectivity index (χ2v) is 8.44. The molecule has 1 fully saturated rings. The van der Waals surface area contributed by atoms with E-state index in [0.717, 1.165) is 48.1 Å². The summed E-state index contributed by atoms with van der Waals surface area (Å²) in [6, 6.07) is 5.69. The molecule has 2 aromatic rings. The normalized spacial score (nSPS) is 16.0. The molecule has 1 aromatic carbocycles. The van der Waals surface area contributed by atoms with E-state index in [1.807, 2.05) is 25.1 Å². The molecule has 1 atom stereocenters. The van der Waals surface area contributed by atoms with Gasteiger partial charge in [-0.1, -0.05) is 23.9 Å². The van der Waals surface area contributed by atoms with Crippen molar-refractivity contribution in [2.75, 3.05) is 33.6 Å². The number of hydrogen-bond acceptors (Lipinski definition) is 6. The average molecular weight is 434 g/mol. The summed E-state index contributed by atoms with van der Waals surface area (Å²) in [5, 5.41) is 0.876. The first-order valence-electron chi connectivity index (χ1n) is 10.2. The van der Waals surface area contributed by atoms with Gasteiger partial charge in [-0.05, 0) is 32.8 Å². The third-order valence-electron chi connectivity index (χ3n) is 5.48. The van der Waals surface area contributed by atoms with Gasteiger partial charge in [-0.2, -0.15) is 0 Å². The zero-order valence-electron chi connectivity index (χ0n) is 18.4. The van der Waals surface area contributed by atoms with Crippen molar-refractivity contribution in [3.05, 3.63) is 35.2 Å². The Morgan fingerprint density at radius 3 is 2.80 bits per heavy atom. The van der Waals surface area contributed by atoms with E-state index < -0.39 is 0 Å². The molecule has 1 aliphatic rings. The highest BCUT2D eigenvalue weighted by Crippen LogP contribution is 2.31. The lowest BCUT2D eigenvalue weighted by Gasteiger charge is -2.20. The minimum atomic E-state index is 0.0341. The van der Waals surface area contributed by atoms with Gasteiger partial charge in [-0.25, -0.2) is 4.98 Å². The monoisotopic (exact) mass is 433 g/mol. The van der Waals surface area contributed by atoms with Crippen LogP contribution in [0.5, 0.6) is 11.5 Å². The summed E-state index contributed by atoms with van der Waals surface area (Å²) in [7, 11) is 5.02. The van der Waals surface area contributed by atoms with E-state index in [9.17, 15) is 4.79 Å². The number of thioether (sulfide) groups is 1. The second-order valence-electron chi connectivity index (χ2n) is 7.50. The molecule has 0 unspecified atom stereocenters. The zero-order valence-corrected chi connectivity index (χ0v) is 19.3. The minimum Gasteiger partial charge on any atom is -0.493 e. The van der Waals surface area contributed by atoms with Crippen LogP contribution in [-0.4, -0.2) is 60.1 Å². The number of hydrogen-bond donors (Lipinski definition) is 0. The van der Waals surface area contributed by atoms with Crippen molar-refractivity contribution in [1.29, 1.82) is 0 Å². The Hall–Kier alpha value is -2.19. The highest BCUT2D eigenvalue weighted by Gasteiger charge is 2.21. The predicted octanol–water partition coefficient (Wildman–Crippen LogP) is 3.45. The smallest absolute Gasteiger partial charge is 0.233 e. The van der Waals surface area contributed by atoms with E-state index in [-0.39, 0.29) is 12.0 Å². The van der Waals surface area contributed by atoms with Crippen molar-refractivity contribution >= 4 is 17.7 Å². The van der Waals surface area contributed by atoms with Gasteiger partial charge in [0.05, 0.1) is 38.3 Å². The summed E-state index contributed by atoms with van der Waals surface area (Å²) in [6.45, 7) is 6.15. The fraction of sp³-hybridized carbons (Fsp3) is 0.545. The fourth-order valence-corrected chi connectivity index (χ4v) is 4.64. The molecular weight excluding hydrogens is 402 g/mol. The Labute approximate surface area is 182 Å². The Morgan fingerprint density at radius 2 is 2.13 bits per heavy atom. The van der Waals surface area contributed by atoms with Gasteiger partial charge in [0.2, 0.25) is 5.91 Å². The van der Waals surface area contributed by atoms with Crippen LogP contribution in [0.4, 0.5) is 0 Å². The van der Waals surface area contributed by atoms with Crippen LogP contribution in [0.25, 0.3) is 0 Å². The van der Waals surface area contributed by atoms with Crippen LogP contribution in [0, 0.1) is 13.8 Å². The topological polar surface area (TPSA) is 65.8 Å². The molecule has 8 heteroatoms. The van der Waals surface area contributed by atoms with Crippen LogP contribution in [0.1, 0.15) is 29.8 Å². The lowest BCUT2D eigenvalue weighted by Crippen LogP contribution is -2.28. The molecule has 1 aliphatic heterocycles. The first-order chi connectivity index (χ1) is 14.4. The van der Waals surface area contributed by atoms with Crippen molar-refractivity contribution in [2.24, 2.45) is 0 Å². The predicted molar refractivity (Wildman–Crippen MR) is 117 cm³/mol. The molecule has 7 nitrogen and oxygen atoms in total. The fourth-order valence-electron chi connectivity index (χ4n) is 3.60. The van der Waals surface area contributed by atoms with Gasteiger partial charge >= 0.3 is 0 Å². The van der Waals surface area contributed by atoms with Gasteiger partial charge < -0.3 is 23.7 Å². The van der Waals surface area contributed by atoms with Gasteiger partial charge in [0.25, 0.3) is 0 Å². The summed E-state index contributed by atoms with van der Waals surface area (Å²) >= 11 is 1.48. The summed E-state index contributed by atoms with van der Waals surface area (Å²) in [5.74, 6) is 1.68. The molecule has 0 bridgehead atoms. The van der Waals surface area contributed by atoms with Crippen molar-refractivity contribution in [2.45, 2.75) is 51.0 Å². The standard InChI is InChI=1S/C22H31N3O4S/c1-15-16(2)25(13-18-9-7-11-29-18)22(23-15)30-14-20(26)24(3)12-17-8-6-10-19(27-4)21(17)28-5/h6,8,10,18H,7,9,11-14H2,1-5H3/t18-/m0/s1. The number of imidazole rings is 1. The van der Waals surface area contributed by atoms with Crippen LogP contribution < -0.4 is 9.47 Å². The van der Waals surface area contributed by atoms with Gasteiger partial charge in [0.15, 0.2) is 16.7 Å². The van der Waals surface area contributed by atoms with Gasteiger partial charge in [0.1, 0.15) is 0 Å². The Morgan fingerprint density at radius 1 is 1.33 bits per heavy atom. The number of aromatic nitrogens is 2. The summed E-state index contributed by atoms with van der Waals surface area (Å²) in [4.78, 5) is 19.2. The third kappa shape index (κ3) is 5.10. The molecule has 0 aliphatic carbocycles. The molecule has 1 amide bonds. The first kappa shape index (κ1) is 22.5. The zero-order chi connectivity index (χ0) is 21.7. The minimum absolute atomic E-state index is 0.0341. The number of ether oxygens (including phenoxy) is 3. The van der Waals surface area contributed by atoms with Gasteiger partial charge in [-0.3, -0.25) is 4.79 Å². The number of benzene rings is 1. The van der Waals surface area contributed by atoms with Crippen LogP contribution in [0.2, 0.25) is 0 Å². The van der Waals surface area contributed by atoms with Gasteiger partial charge in [-0.15, -0.1) is 0 Å². The Kier molecular flexibility index (Phi) is 7.66. The lowest BCUT2D eigenvalue weighted by molar-refractivity contribution is -0.127. The number of para-hydroxylation sites is 1. The Balaban J connectivity index is 1.64. The first-order valence-corrected chi connectivity index (χ1v) is 11.1. The van der Waals surface area contributed by atoms with E-state index in [4.69, 9.17) is 14.2 Å². The highest BCUT2D eigenvalue weighted by molar-refractivity contribution is 7.99. The summed E-state index contributed by atoms with van der Waals surface area (Å²) in [5.41, 5.74) is 3.04. The second kappa shape index (κ2) is 10.2. The maximum atomic E-state index is 12.8. The van der Waals surface area contributed by atoms with E-state index in [0.29, 0.717) is 23.8 Å². The van der Waals surface area contributed by atoms with E-state index in [2.05, 4.69) is 16.5 Å². The number of carbonyl (C=O) groups is 1. The molecule has 3 rings (SSSR count). The SMILES string of the molecule is COc1cccc(CN(C)C(=O)CSc2nc(C)c(C)n2C[C@@H]2CCCO2)c1OC. The van der Waals surface area contributed by atoms with E-state index >= 15 is 0 Å². The average Bonchev–Trinajstić information content (AvgIpc) is 3.35. The van der Waals surface area contributed by atoms with Crippen molar-refractivity contribution < 1.29 is 19.0 Å². The quantitative estimate of drug-likeness (QED) is 0.565. The molecule has 0 spiro atoms. The van der Waals surface area contributed by atoms with Crippen molar-refractivity contribution in [1.82, 2.24) is 14.5 Å². The molecule has 1 saturated heterocycles. The van der Waals surface area contributed by atoms with E-state index in [1.165, 1.54) is 11.8 Å². The molecule has 1 aromatic heterocycles. The maximum absolute atomic E-state index is 12.8. The molecule has 0 saturated carbocycles. The van der Waals surface area contributed by atoms with E-state index in [1.54, 1.807) is 26.2 Å². The summed E-state index contributed by atoms with van der Waals surface area (Å²) < 4.78 is 18.8. The lowest BCUT2D eigenvalue weighted by atomic mass is 10.1. The van der Waals surface area contributed by atoms with Crippen LogP contribution in [-0.2, 0) is 22.6 Å². The van der Waals surface area contributed by atoms with Crippen LogP contribution in [0.15, 0.2) is 23.4 Å². The van der Waals surface area contributed by atoms with Crippen molar-refractivity contribution in [3.8, 4) is 11.5 Å². The Bertz CT molecular complexity index is 878. The maximum Gasteiger partial charge on any atom is 0.233 e. The number of aryl methyl sites for hydroxylation is 1. The highest BCUT2D eigenvalue weighted by atomic mass is 32.2. The molecule has 0 N–H and O–H groups in total. The molecule has 0 radical (unpaired) electrons. The molecule has 164 valence electrons. The van der Waals surface area contributed by atoms with Crippen molar-refractivity contribution in [3.63, 3.8) is 0 Å². The molecule has 30 heavy (non-hydrogen) atoms. The number of nitrogens with zero attached hydrogens (tertiary/aromatic N) is 3. The van der Waals surface area contributed by atoms with Crippen LogP contribution >= 0.6 is 11.8 Å². The van der Waals surface area contributed by atoms with Gasteiger partial charge in [0, 0.05) is 31.5 Å². The molecular formula is C22H31N3O4S. The largest absolute Gasteiger partial charge is 0.493 e. The third-order valence-corrected chi connectivity index (χ3v) is 6.44. The summed E-state index contributed by atoms with van der Waals surface area (Å²) in [6.07, 6.45) is 2.41. The van der Waals surface area contributed by atoms with Crippen LogP contribution in [0.3, 0.4) is 0 Å². The molecule has 2 heterocycles. The number of rotatable bonds is 9. The number of carbonyl (C=O) groups excluding carboxylic acids is 1.